The van der Waals surface area contributed by atoms with Crippen molar-refractivity contribution in [1.29, 1.82) is 0 Å². The molecular weight excluding hydrogens is 456 g/mol. The minimum Gasteiger partial charge on any atom is -0.394 e. The van der Waals surface area contributed by atoms with E-state index in [1.54, 1.807) is 0 Å². The van der Waals surface area contributed by atoms with E-state index in [2.05, 4.69) is 10.6 Å². The first kappa shape index (κ1) is 23.4. The smallest absolute Gasteiger partial charge is 0.326 e. The van der Waals surface area contributed by atoms with Crippen molar-refractivity contribution in [2.24, 2.45) is 10.8 Å². The zero-order valence-corrected chi connectivity index (χ0v) is 18.6. The molecule has 0 spiro atoms. The molecule has 0 bridgehead atoms. The lowest BCUT2D eigenvalue weighted by molar-refractivity contribution is -0.242. The lowest BCUT2D eigenvalue weighted by Crippen LogP contribution is -2.92. The fourth-order valence-corrected chi connectivity index (χ4v) is 6.31. The number of aliphatic hydroxyl groups is 4. The molecule has 0 aromatic rings. The van der Waals surface area contributed by atoms with Gasteiger partial charge in [-0.15, -0.1) is 0 Å². The minimum absolute atomic E-state index is 0.0474. The maximum Gasteiger partial charge on any atom is 0.326 e. The average molecular weight is 484 g/mol. The number of hydrogen-bond donors (Lipinski definition) is 6. The molecule has 0 radical (unpaired) electrons. The molecule has 4 saturated heterocycles. The summed E-state index contributed by atoms with van der Waals surface area (Å²) in [5.74, 6) is -1.39. The number of hydrogen-bond acceptors (Lipinski definition) is 10. The van der Waals surface area contributed by atoms with Crippen molar-refractivity contribution < 1.29 is 49.1 Å². The van der Waals surface area contributed by atoms with Gasteiger partial charge in [0, 0.05) is 12.8 Å². The molecule has 4 aliphatic heterocycles. The van der Waals surface area contributed by atoms with Crippen LogP contribution in [0.25, 0.3) is 0 Å². The van der Waals surface area contributed by atoms with Gasteiger partial charge >= 0.3 is 12.1 Å². The molecule has 5 rings (SSSR count). The van der Waals surface area contributed by atoms with Gasteiger partial charge in [0.15, 0.2) is 0 Å². The number of imide groups is 2. The van der Waals surface area contributed by atoms with E-state index in [0.717, 1.165) is 0 Å². The van der Waals surface area contributed by atoms with Crippen LogP contribution in [0.5, 0.6) is 0 Å². The van der Waals surface area contributed by atoms with Crippen LogP contribution in [-0.2, 0) is 19.1 Å². The third-order valence-electron chi connectivity index (χ3n) is 8.40. The molecule has 4 unspecified atom stereocenters. The zero-order chi connectivity index (χ0) is 24.7. The van der Waals surface area contributed by atoms with E-state index in [1.807, 2.05) is 0 Å². The Balaban J connectivity index is 1.57. The van der Waals surface area contributed by atoms with Crippen molar-refractivity contribution in [1.82, 2.24) is 20.4 Å². The van der Waals surface area contributed by atoms with E-state index in [4.69, 9.17) is 9.47 Å². The number of rotatable bonds is 4. The summed E-state index contributed by atoms with van der Waals surface area (Å²) in [6.07, 6.45) is -6.18. The number of aliphatic hydroxyl groups excluding tert-OH is 4. The van der Waals surface area contributed by atoms with Crippen LogP contribution in [0.15, 0.2) is 0 Å². The third kappa shape index (κ3) is 2.71. The molecule has 188 valence electrons. The first-order valence-electron chi connectivity index (χ1n) is 11.2. The molecule has 14 heteroatoms. The Labute approximate surface area is 193 Å². The van der Waals surface area contributed by atoms with Gasteiger partial charge in [0.25, 0.3) is 0 Å². The van der Waals surface area contributed by atoms with Gasteiger partial charge < -0.3 is 29.9 Å². The van der Waals surface area contributed by atoms with E-state index in [9.17, 15) is 39.6 Å². The highest BCUT2D eigenvalue weighted by atomic mass is 16.6. The fraction of sp³-hybridized carbons (Fsp3) is 0.800. The van der Waals surface area contributed by atoms with E-state index >= 15 is 0 Å². The molecule has 1 saturated carbocycles. The monoisotopic (exact) mass is 484 g/mol. The topological polar surface area (TPSA) is 198 Å². The lowest BCUT2D eigenvalue weighted by Gasteiger charge is -2.72. The summed E-state index contributed by atoms with van der Waals surface area (Å²) in [4.78, 5) is 54.7. The van der Waals surface area contributed by atoms with Gasteiger partial charge in [-0.2, -0.15) is 0 Å². The summed E-state index contributed by atoms with van der Waals surface area (Å²) in [6, 6.07) is -3.69. The number of amides is 6. The number of nitrogens with zero attached hydrogens (tertiary/aromatic N) is 2. The number of carbonyl (C=O) groups excluding carboxylic acids is 4. The Hall–Kier alpha value is -2.36. The number of fused-ring (bicyclic) bond motifs is 4. The standard InChI is InChI=1S/C20H28N4O10/c1-19-13(23(17(31)21-15(19)29)11-3-7(27)9(5-25)33-11)14-20(19,2)16(30)22-18(32)24(14)12-4-8(28)10(6-26)34-12/h7-14,25-28H,3-6H2,1-2H3,(H,21,29,31)(H,22,30,32)/t7-,8-,9+,10+,11+,12+,13?,14?,19?,20?/m0/s1. The molecular formula is C20H28N4O10. The third-order valence-corrected chi connectivity index (χ3v) is 8.40. The molecule has 0 aromatic carbocycles. The van der Waals surface area contributed by atoms with E-state index in [-0.39, 0.29) is 12.8 Å². The Morgan fingerprint density at radius 3 is 1.44 bits per heavy atom. The summed E-state index contributed by atoms with van der Waals surface area (Å²) in [5.41, 5.74) is -2.96. The van der Waals surface area contributed by atoms with Gasteiger partial charge in [-0.3, -0.25) is 30.0 Å². The second-order valence-corrected chi connectivity index (χ2v) is 9.86. The Morgan fingerprint density at radius 2 is 1.15 bits per heavy atom. The molecule has 34 heavy (non-hydrogen) atoms. The van der Waals surface area contributed by atoms with Gasteiger partial charge in [0.2, 0.25) is 11.8 Å². The molecule has 4 heterocycles. The highest BCUT2D eigenvalue weighted by Gasteiger charge is 2.82. The maximum atomic E-state index is 13.1. The largest absolute Gasteiger partial charge is 0.394 e. The Bertz CT molecular complexity index is 874. The van der Waals surface area contributed by atoms with E-state index in [0.29, 0.717) is 0 Å². The predicted molar refractivity (Wildman–Crippen MR) is 107 cm³/mol. The van der Waals surface area contributed by atoms with Crippen LogP contribution in [0.1, 0.15) is 26.7 Å². The van der Waals surface area contributed by atoms with E-state index < -0.39 is 96.9 Å². The molecule has 14 nitrogen and oxygen atoms in total. The highest BCUT2D eigenvalue weighted by molar-refractivity contribution is 6.10. The highest BCUT2D eigenvalue weighted by Crippen LogP contribution is 2.64. The number of carbonyl (C=O) groups is 4. The molecule has 0 aromatic heterocycles. The lowest BCUT2D eigenvalue weighted by atomic mass is 9.42. The van der Waals surface area contributed by atoms with Crippen molar-refractivity contribution in [3.8, 4) is 0 Å². The van der Waals surface area contributed by atoms with E-state index in [1.165, 1.54) is 23.6 Å². The Morgan fingerprint density at radius 1 is 0.794 bits per heavy atom. The van der Waals surface area contributed by atoms with Gasteiger partial charge in [0.05, 0.1) is 48.3 Å². The summed E-state index contributed by atoms with van der Waals surface area (Å²) in [6.45, 7) is 2.07. The second-order valence-electron chi connectivity index (χ2n) is 9.86. The summed E-state index contributed by atoms with van der Waals surface area (Å²) in [7, 11) is 0. The van der Waals surface area contributed by atoms with Crippen LogP contribution < -0.4 is 10.6 Å². The van der Waals surface area contributed by atoms with Crippen LogP contribution in [-0.4, -0.2) is 116 Å². The van der Waals surface area contributed by atoms with Gasteiger partial charge in [0.1, 0.15) is 24.7 Å². The van der Waals surface area contributed by atoms with Crippen LogP contribution in [0.4, 0.5) is 9.59 Å². The first-order chi connectivity index (χ1) is 16.0. The molecule has 5 fully saturated rings. The molecule has 5 aliphatic rings. The summed E-state index contributed by atoms with van der Waals surface area (Å²) < 4.78 is 11.4. The summed E-state index contributed by atoms with van der Waals surface area (Å²) in [5, 5.41) is 43.9. The van der Waals surface area contributed by atoms with Crippen molar-refractivity contribution in [2.75, 3.05) is 13.2 Å². The predicted octanol–water partition coefficient (Wildman–Crippen LogP) is -3.21. The Kier molecular flexibility index (Phi) is 5.21. The molecule has 1 aliphatic carbocycles. The quantitative estimate of drug-likeness (QED) is 0.236. The van der Waals surface area contributed by atoms with Crippen molar-refractivity contribution in [3.05, 3.63) is 0 Å². The minimum atomic E-state index is -1.48. The SMILES string of the molecule is CC12C(=O)NC(=O)N([C@H]3C[C@H](O)[C@@H](CO)O3)C1C1N([C@H]3C[C@H](O)[C@@H](CO)O3)C(=O)NC(=O)C12C. The second kappa shape index (κ2) is 7.57. The first-order valence-corrected chi connectivity index (χ1v) is 11.2. The van der Waals surface area contributed by atoms with Crippen LogP contribution in [0, 0.1) is 10.8 Å². The number of ether oxygens (including phenoxy) is 2. The fourth-order valence-electron chi connectivity index (χ4n) is 6.31. The van der Waals surface area contributed by atoms with Crippen LogP contribution in [0.3, 0.4) is 0 Å². The summed E-state index contributed by atoms with van der Waals surface area (Å²) >= 11 is 0. The van der Waals surface area contributed by atoms with Crippen molar-refractivity contribution >= 4 is 23.9 Å². The van der Waals surface area contributed by atoms with Gasteiger partial charge in [-0.25, -0.2) is 9.59 Å². The normalized spacial score (nSPS) is 48.3. The number of nitrogens with one attached hydrogen (secondary N) is 2. The average Bonchev–Trinajstić information content (AvgIpc) is 3.34. The molecule has 10 atom stereocenters. The van der Waals surface area contributed by atoms with Crippen LogP contribution in [0.2, 0.25) is 0 Å². The zero-order valence-electron chi connectivity index (χ0n) is 18.6. The maximum absolute atomic E-state index is 13.1. The van der Waals surface area contributed by atoms with Crippen molar-refractivity contribution in [3.63, 3.8) is 0 Å². The number of urea groups is 2. The molecule has 6 N–H and O–H groups in total. The van der Waals surface area contributed by atoms with Gasteiger partial charge in [-0.05, 0) is 13.8 Å². The molecule has 6 amide bonds. The van der Waals surface area contributed by atoms with Gasteiger partial charge in [-0.1, -0.05) is 0 Å². The van der Waals surface area contributed by atoms with Crippen molar-refractivity contribution in [2.45, 2.75) is 75.6 Å². The van der Waals surface area contributed by atoms with Crippen LogP contribution >= 0.6 is 0 Å².